The Morgan fingerprint density at radius 3 is 0.909 bits per heavy atom. The third-order valence-electron chi connectivity index (χ3n) is 5.34. The number of hydrogen-bond donors (Lipinski definition) is 0. The Balaban J connectivity index is 1.37. The molecule has 12 heteroatoms. The van der Waals surface area contributed by atoms with Crippen molar-refractivity contribution in [3.05, 3.63) is 0 Å². The van der Waals surface area contributed by atoms with Crippen molar-refractivity contribution in [2.75, 3.05) is 52.9 Å². The van der Waals surface area contributed by atoms with Gasteiger partial charge in [-0.05, 0) is 0 Å². The van der Waals surface area contributed by atoms with Gasteiger partial charge in [-0.2, -0.15) is 0 Å². The first-order valence-corrected chi connectivity index (χ1v) is 11.0. The zero-order valence-electron chi connectivity index (χ0n) is 18.2. The van der Waals surface area contributed by atoms with Crippen LogP contribution in [0.5, 0.6) is 0 Å². The van der Waals surface area contributed by atoms with E-state index in [-0.39, 0.29) is 76.5 Å². The summed E-state index contributed by atoms with van der Waals surface area (Å²) in [5.74, 6) is -2.07. The maximum Gasteiger partial charge on any atom is 0.308 e. The minimum absolute atomic E-state index is 0.0759. The zero-order valence-corrected chi connectivity index (χ0v) is 18.2. The minimum atomic E-state index is -1.28. The molecule has 33 heavy (non-hydrogen) atoms. The van der Waals surface area contributed by atoms with Gasteiger partial charge >= 0.3 is 23.9 Å². The molecule has 0 aromatic carbocycles. The highest BCUT2D eigenvalue weighted by atomic mass is 16.6. The van der Waals surface area contributed by atoms with Crippen LogP contribution in [0.4, 0.5) is 0 Å². The van der Waals surface area contributed by atoms with Gasteiger partial charge in [0, 0.05) is 0 Å². The van der Waals surface area contributed by atoms with E-state index in [9.17, 15) is 19.2 Å². The lowest BCUT2D eigenvalue weighted by molar-refractivity contribution is -0.170. The lowest BCUT2D eigenvalue weighted by atomic mass is 9.92. The van der Waals surface area contributed by atoms with Crippen LogP contribution in [0.1, 0.15) is 25.7 Å². The molecule has 4 heterocycles. The SMILES string of the molecule is O=C(CC1CO1)OCC(COC(=O)CC1CO1)(COC(=O)CC1CO1)COC(=O)CC1CO1. The lowest BCUT2D eigenvalue weighted by Gasteiger charge is -2.31. The van der Waals surface area contributed by atoms with Gasteiger partial charge in [0.05, 0.1) is 76.5 Å². The van der Waals surface area contributed by atoms with Crippen molar-refractivity contribution in [1.29, 1.82) is 0 Å². The molecule has 0 N–H and O–H groups in total. The average molecular weight is 472 g/mol. The van der Waals surface area contributed by atoms with E-state index in [1.807, 2.05) is 0 Å². The van der Waals surface area contributed by atoms with Crippen molar-refractivity contribution in [2.24, 2.45) is 5.41 Å². The van der Waals surface area contributed by atoms with E-state index >= 15 is 0 Å². The Morgan fingerprint density at radius 1 is 0.515 bits per heavy atom. The summed E-state index contributed by atoms with van der Waals surface area (Å²) < 4.78 is 41.6. The van der Waals surface area contributed by atoms with Crippen LogP contribution in [0.25, 0.3) is 0 Å². The molecule has 4 atom stereocenters. The molecule has 0 aliphatic carbocycles. The van der Waals surface area contributed by atoms with Gasteiger partial charge in [-0.3, -0.25) is 19.2 Å². The van der Waals surface area contributed by atoms with Gasteiger partial charge in [0.25, 0.3) is 0 Å². The van der Waals surface area contributed by atoms with Crippen LogP contribution in [0.2, 0.25) is 0 Å². The summed E-state index contributed by atoms with van der Waals surface area (Å²) in [6.45, 7) is 0.813. The third kappa shape index (κ3) is 9.24. The van der Waals surface area contributed by atoms with Crippen LogP contribution in [-0.2, 0) is 57.1 Å². The number of ether oxygens (including phenoxy) is 8. The molecule has 4 rings (SSSR count). The molecule has 0 aromatic rings. The Morgan fingerprint density at radius 2 is 0.727 bits per heavy atom. The van der Waals surface area contributed by atoms with E-state index in [4.69, 9.17) is 37.9 Å². The Hall–Kier alpha value is -2.28. The van der Waals surface area contributed by atoms with E-state index in [2.05, 4.69) is 0 Å². The molecular weight excluding hydrogens is 444 g/mol. The second kappa shape index (κ2) is 10.8. The average Bonchev–Trinajstić information content (AvgIpc) is 3.61. The first-order valence-electron chi connectivity index (χ1n) is 11.0. The number of epoxide rings is 4. The third-order valence-corrected chi connectivity index (χ3v) is 5.34. The van der Waals surface area contributed by atoms with Crippen molar-refractivity contribution in [3.63, 3.8) is 0 Å². The van der Waals surface area contributed by atoms with E-state index in [1.54, 1.807) is 0 Å². The molecule has 0 spiro atoms. The van der Waals surface area contributed by atoms with Gasteiger partial charge in [0.2, 0.25) is 0 Å². The Bertz CT molecular complexity index is 610. The van der Waals surface area contributed by atoms with E-state index in [0.717, 1.165) is 0 Å². The summed E-state index contributed by atoms with van der Waals surface area (Å²) in [4.78, 5) is 48.6. The fourth-order valence-corrected chi connectivity index (χ4v) is 2.91. The zero-order chi connectivity index (χ0) is 23.3. The van der Waals surface area contributed by atoms with Crippen molar-refractivity contribution < 1.29 is 57.1 Å². The molecule has 0 saturated carbocycles. The van der Waals surface area contributed by atoms with Gasteiger partial charge in [-0.1, -0.05) is 0 Å². The largest absolute Gasteiger partial charge is 0.465 e. The van der Waals surface area contributed by atoms with Crippen LogP contribution < -0.4 is 0 Å². The first-order chi connectivity index (χ1) is 15.9. The topological polar surface area (TPSA) is 155 Å². The molecule has 0 aromatic heterocycles. The summed E-state index contributed by atoms with van der Waals surface area (Å²) >= 11 is 0. The summed E-state index contributed by atoms with van der Waals surface area (Å²) in [6.07, 6.45) is -0.378. The van der Waals surface area contributed by atoms with Crippen molar-refractivity contribution in [3.8, 4) is 0 Å². The monoisotopic (exact) mass is 472 g/mol. The standard InChI is InChI=1S/C21H28O12/c22-17(1-13-5-26-13)30-9-21(10-31-18(23)2-14-6-27-14,11-32-19(24)3-15-7-28-15)12-33-20(25)4-16-8-29-16/h13-16H,1-12H2. The van der Waals surface area contributed by atoms with Gasteiger partial charge in [0.15, 0.2) is 0 Å². The molecular formula is C21H28O12. The molecule has 4 fully saturated rings. The highest BCUT2D eigenvalue weighted by Gasteiger charge is 2.40. The molecule has 0 amide bonds. The van der Waals surface area contributed by atoms with Crippen LogP contribution in [0.3, 0.4) is 0 Å². The summed E-state index contributed by atoms with van der Waals surface area (Å²) in [5.41, 5.74) is -1.28. The van der Waals surface area contributed by atoms with Crippen molar-refractivity contribution in [1.82, 2.24) is 0 Å². The van der Waals surface area contributed by atoms with Crippen LogP contribution in [0, 0.1) is 5.41 Å². The number of esters is 4. The highest BCUT2D eigenvalue weighted by Crippen LogP contribution is 2.25. The predicted molar refractivity (Wildman–Crippen MR) is 104 cm³/mol. The predicted octanol–water partition coefficient (Wildman–Crippen LogP) is -0.699. The van der Waals surface area contributed by atoms with E-state index in [1.165, 1.54) is 0 Å². The fourth-order valence-electron chi connectivity index (χ4n) is 2.91. The molecule has 4 unspecified atom stereocenters. The second-order valence-electron chi connectivity index (χ2n) is 8.78. The highest BCUT2D eigenvalue weighted by molar-refractivity contribution is 5.72. The molecule has 4 aliphatic heterocycles. The number of carbonyl (C=O) groups is 4. The minimum Gasteiger partial charge on any atom is -0.465 e. The quantitative estimate of drug-likeness (QED) is 0.158. The number of carbonyl (C=O) groups excluding carboxylic acids is 4. The van der Waals surface area contributed by atoms with E-state index < -0.39 is 29.3 Å². The van der Waals surface area contributed by atoms with Crippen LogP contribution >= 0.6 is 0 Å². The van der Waals surface area contributed by atoms with E-state index in [0.29, 0.717) is 26.4 Å². The number of rotatable bonds is 16. The maximum absolute atomic E-state index is 12.1. The molecule has 12 nitrogen and oxygen atoms in total. The molecule has 4 aliphatic rings. The van der Waals surface area contributed by atoms with Gasteiger partial charge < -0.3 is 37.9 Å². The van der Waals surface area contributed by atoms with Gasteiger partial charge in [-0.15, -0.1) is 0 Å². The van der Waals surface area contributed by atoms with Crippen LogP contribution in [-0.4, -0.2) is 101 Å². The summed E-state index contributed by atoms with van der Waals surface area (Å²) in [5, 5.41) is 0. The maximum atomic E-state index is 12.1. The Labute approximate surface area is 190 Å². The summed E-state index contributed by atoms with van der Waals surface area (Å²) in [6, 6.07) is 0. The molecule has 0 radical (unpaired) electrons. The fraction of sp³-hybridized carbons (Fsp3) is 0.810. The Kier molecular flexibility index (Phi) is 7.78. The van der Waals surface area contributed by atoms with Crippen LogP contribution in [0.15, 0.2) is 0 Å². The van der Waals surface area contributed by atoms with Crippen molar-refractivity contribution >= 4 is 23.9 Å². The molecule has 0 bridgehead atoms. The smallest absolute Gasteiger partial charge is 0.308 e. The molecule has 4 saturated heterocycles. The van der Waals surface area contributed by atoms with Gasteiger partial charge in [-0.25, -0.2) is 0 Å². The first kappa shape index (κ1) is 23.9. The summed E-state index contributed by atoms with van der Waals surface area (Å²) in [7, 11) is 0. The van der Waals surface area contributed by atoms with Crippen molar-refractivity contribution in [2.45, 2.75) is 50.1 Å². The van der Waals surface area contributed by atoms with Gasteiger partial charge in [0.1, 0.15) is 31.8 Å². The normalized spacial score (nSPS) is 28.1. The lowest BCUT2D eigenvalue weighted by Crippen LogP contribution is -2.44. The number of hydrogen-bond acceptors (Lipinski definition) is 12. The second-order valence-corrected chi connectivity index (χ2v) is 8.78. The molecule has 184 valence electrons.